The lowest BCUT2D eigenvalue weighted by atomic mass is 10.00. The van der Waals surface area contributed by atoms with E-state index in [-0.39, 0.29) is 17.2 Å². The number of aliphatic imine (C=N–C) groups is 2. The lowest BCUT2D eigenvalue weighted by molar-refractivity contribution is 0.450. The smallest absolute Gasteiger partial charge is 0.128 e. The number of aromatic hydroxyl groups is 3. The molecule has 0 saturated carbocycles. The molecule has 0 aliphatic rings. The van der Waals surface area contributed by atoms with Gasteiger partial charge < -0.3 is 15.3 Å². The molecule has 0 unspecified atom stereocenters. The van der Waals surface area contributed by atoms with Crippen LogP contribution in [-0.2, 0) is 0 Å². The molecule has 0 spiro atoms. The molecule has 0 amide bonds. The Morgan fingerprint density at radius 3 is 1.53 bits per heavy atom. The van der Waals surface area contributed by atoms with E-state index in [2.05, 4.69) is 0 Å². The van der Waals surface area contributed by atoms with Gasteiger partial charge in [-0.2, -0.15) is 0 Å². The normalized spacial score (nSPS) is 12.0. The molecule has 4 aromatic carbocycles. The number of hydrogen-bond donors (Lipinski definition) is 3. The first kappa shape index (κ1) is 22.8. The zero-order valence-electron chi connectivity index (χ0n) is 18.9. The van der Waals surface area contributed by atoms with Crippen molar-refractivity contribution in [3.63, 3.8) is 0 Å². The van der Waals surface area contributed by atoms with Crippen molar-refractivity contribution >= 4 is 11.4 Å². The minimum atomic E-state index is -0.0411. The monoisotopic (exact) mass is 450 g/mol. The summed E-state index contributed by atoms with van der Waals surface area (Å²) >= 11 is 0. The molecule has 5 nitrogen and oxygen atoms in total. The average molecular weight is 451 g/mol. The second-order valence-corrected chi connectivity index (χ2v) is 7.91. The standard InChI is InChI=1S/C29H26N2O3/c1-20-12-14-24(26(33)18-20)28(21-8-4-2-5-9-21)30-16-17-31-29(22-10-6-3-7-11-22)25-15-13-23(32)19-27(25)34/h2-15,18-19,32-34H,16-17H2,1H3/b30-28+,31-29+. The van der Waals surface area contributed by atoms with Gasteiger partial charge in [0.15, 0.2) is 0 Å². The topological polar surface area (TPSA) is 85.4 Å². The van der Waals surface area contributed by atoms with Gasteiger partial charge in [-0.1, -0.05) is 66.7 Å². The summed E-state index contributed by atoms with van der Waals surface area (Å²) in [5, 5.41) is 30.7. The van der Waals surface area contributed by atoms with Crippen molar-refractivity contribution in [2.45, 2.75) is 6.92 Å². The van der Waals surface area contributed by atoms with Crippen LogP contribution in [0, 0.1) is 6.92 Å². The van der Waals surface area contributed by atoms with Gasteiger partial charge in [-0.15, -0.1) is 0 Å². The molecule has 0 fully saturated rings. The van der Waals surface area contributed by atoms with E-state index in [4.69, 9.17) is 9.98 Å². The average Bonchev–Trinajstić information content (AvgIpc) is 2.84. The Morgan fingerprint density at radius 1 is 0.588 bits per heavy atom. The highest BCUT2D eigenvalue weighted by atomic mass is 16.3. The Labute approximate surface area is 199 Å². The van der Waals surface area contributed by atoms with Crippen LogP contribution in [0.1, 0.15) is 27.8 Å². The van der Waals surface area contributed by atoms with Crippen molar-refractivity contribution in [2.75, 3.05) is 13.1 Å². The molecule has 170 valence electrons. The zero-order chi connectivity index (χ0) is 23.9. The van der Waals surface area contributed by atoms with E-state index in [1.165, 1.54) is 12.1 Å². The first-order chi connectivity index (χ1) is 16.5. The quantitative estimate of drug-likeness (QED) is 0.257. The molecule has 0 aliphatic carbocycles. The molecule has 0 radical (unpaired) electrons. The minimum Gasteiger partial charge on any atom is -0.508 e. The third kappa shape index (κ3) is 5.33. The summed E-state index contributed by atoms with van der Waals surface area (Å²) in [5.74, 6) is 0.134. The fourth-order valence-corrected chi connectivity index (χ4v) is 3.74. The van der Waals surface area contributed by atoms with Gasteiger partial charge in [0, 0.05) is 28.3 Å². The van der Waals surface area contributed by atoms with E-state index < -0.39 is 0 Å². The first-order valence-electron chi connectivity index (χ1n) is 11.0. The number of phenolic OH excluding ortho intramolecular Hbond substituents is 3. The van der Waals surface area contributed by atoms with Crippen LogP contribution in [0.5, 0.6) is 17.2 Å². The molecular weight excluding hydrogens is 424 g/mol. The van der Waals surface area contributed by atoms with Gasteiger partial charge in [0.05, 0.1) is 24.5 Å². The van der Waals surface area contributed by atoms with Crippen molar-refractivity contribution in [1.82, 2.24) is 0 Å². The maximum absolute atomic E-state index is 10.6. The lowest BCUT2D eigenvalue weighted by Gasteiger charge is -2.11. The van der Waals surface area contributed by atoms with Crippen LogP contribution in [0.15, 0.2) is 107 Å². The van der Waals surface area contributed by atoms with Crippen LogP contribution in [0.4, 0.5) is 0 Å². The number of phenols is 3. The fraction of sp³-hybridized carbons (Fsp3) is 0.103. The third-order valence-corrected chi connectivity index (χ3v) is 5.38. The maximum Gasteiger partial charge on any atom is 0.128 e. The summed E-state index contributed by atoms with van der Waals surface area (Å²) < 4.78 is 0. The predicted octanol–water partition coefficient (Wildman–Crippen LogP) is 5.49. The Balaban J connectivity index is 1.67. The highest BCUT2D eigenvalue weighted by Gasteiger charge is 2.13. The van der Waals surface area contributed by atoms with E-state index >= 15 is 0 Å². The Bertz CT molecular complexity index is 1230. The van der Waals surface area contributed by atoms with Gasteiger partial charge >= 0.3 is 0 Å². The Kier molecular flexibility index (Phi) is 7.04. The highest BCUT2D eigenvalue weighted by Crippen LogP contribution is 2.26. The number of benzene rings is 4. The van der Waals surface area contributed by atoms with Crippen LogP contribution in [0.3, 0.4) is 0 Å². The molecule has 4 rings (SSSR count). The molecule has 3 N–H and O–H groups in total. The van der Waals surface area contributed by atoms with Gasteiger partial charge in [0.2, 0.25) is 0 Å². The van der Waals surface area contributed by atoms with Crippen LogP contribution in [-0.4, -0.2) is 39.8 Å². The van der Waals surface area contributed by atoms with Crippen molar-refractivity contribution in [3.8, 4) is 17.2 Å². The summed E-state index contributed by atoms with van der Waals surface area (Å²) in [6.45, 7) is 2.68. The van der Waals surface area contributed by atoms with Crippen molar-refractivity contribution in [2.24, 2.45) is 9.98 Å². The predicted molar refractivity (Wildman–Crippen MR) is 137 cm³/mol. The fourth-order valence-electron chi connectivity index (χ4n) is 3.74. The molecule has 0 heterocycles. The molecule has 0 bridgehead atoms. The Morgan fingerprint density at radius 2 is 1.06 bits per heavy atom. The summed E-state index contributed by atoms with van der Waals surface area (Å²) in [6, 6.07) is 29.4. The largest absolute Gasteiger partial charge is 0.508 e. The first-order valence-corrected chi connectivity index (χ1v) is 11.0. The van der Waals surface area contributed by atoms with Crippen LogP contribution >= 0.6 is 0 Å². The molecule has 34 heavy (non-hydrogen) atoms. The van der Waals surface area contributed by atoms with E-state index in [0.29, 0.717) is 35.6 Å². The summed E-state index contributed by atoms with van der Waals surface area (Å²) in [5.41, 5.74) is 5.25. The molecule has 4 aromatic rings. The summed E-state index contributed by atoms with van der Waals surface area (Å²) in [4.78, 5) is 9.55. The van der Waals surface area contributed by atoms with Gasteiger partial charge in [-0.25, -0.2) is 0 Å². The number of aryl methyl sites for hydroxylation is 1. The van der Waals surface area contributed by atoms with Crippen LogP contribution in [0.2, 0.25) is 0 Å². The second-order valence-electron chi connectivity index (χ2n) is 7.91. The molecular formula is C29H26N2O3. The van der Waals surface area contributed by atoms with Gasteiger partial charge in [0.25, 0.3) is 0 Å². The van der Waals surface area contributed by atoms with Crippen LogP contribution < -0.4 is 0 Å². The van der Waals surface area contributed by atoms with Gasteiger partial charge in [0.1, 0.15) is 17.2 Å². The lowest BCUT2D eigenvalue weighted by Crippen LogP contribution is -2.08. The van der Waals surface area contributed by atoms with E-state index in [1.54, 1.807) is 12.1 Å². The zero-order valence-corrected chi connectivity index (χ0v) is 18.9. The third-order valence-electron chi connectivity index (χ3n) is 5.38. The molecule has 0 aliphatic heterocycles. The van der Waals surface area contributed by atoms with Crippen molar-refractivity contribution < 1.29 is 15.3 Å². The van der Waals surface area contributed by atoms with E-state index in [0.717, 1.165) is 16.7 Å². The maximum atomic E-state index is 10.6. The number of nitrogens with zero attached hydrogens (tertiary/aromatic N) is 2. The minimum absolute atomic E-state index is 0.0105. The summed E-state index contributed by atoms with van der Waals surface area (Å²) in [6.07, 6.45) is 0. The summed E-state index contributed by atoms with van der Waals surface area (Å²) in [7, 11) is 0. The Hall–Kier alpha value is -4.38. The van der Waals surface area contributed by atoms with E-state index in [9.17, 15) is 15.3 Å². The SMILES string of the molecule is Cc1ccc(/C(=N/CC/N=C(\c2ccccc2)c2ccc(O)cc2O)c2ccccc2)c(O)c1. The van der Waals surface area contributed by atoms with Crippen molar-refractivity contribution in [3.05, 3.63) is 125 Å². The van der Waals surface area contributed by atoms with Crippen molar-refractivity contribution in [1.29, 1.82) is 0 Å². The van der Waals surface area contributed by atoms with Gasteiger partial charge in [-0.05, 0) is 36.8 Å². The molecule has 0 saturated heterocycles. The number of hydrogen-bond acceptors (Lipinski definition) is 5. The second kappa shape index (κ2) is 10.5. The van der Waals surface area contributed by atoms with Crippen LogP contribution in [0.25, 0.3) is 0 Å². The highest BCUT2D eigenvalue weighted by molar-refractivity contribution is 6.15. The van der Waals surface area contributed by atoms with E-state index in [1.807, 2.05) is 79.7 Å². The molecule has 0 atom stereocenters. The van der Waals surface area contributed by atoms with Gasteiger partial charge in [-0.3, -0.25) is 9.98 Å². The number of rotatable bonds is 7. The molecule has 5 heteroatoms. The molecule has 0 aromatic heterocycles.